The molecule has 4 nitrogen and oxygen atoms in total. The predicted octanol–water partition coefficient (Wildman–Crippen LogP) is 3.64. The Morgan fingerprint density at radius 2 is 1.96 bits per heavy atom. The molecule has 0 unspecified atom stereocenters. The van der Waals surface area contributed by atoms with Gasteiger partial charge in [-0.15, -0.1) is 0 Å². The van der Waals surface area contributed by atoms with Crippen molar-refractivity contribution >= 4 is 5.97 Å². The highest BCUT2D eigenvalue weighted by atomic mass is 19.1. The Bertz CT molecular complexity index is 677. The average molecular weight is 395 g/mol. The van der Waals surface area contributed by atoms with Crippen LogP contribution in [-0.2, 0) is 16.0 Å². The molecule has 3 rings (SSSR count). The molecule has 0 bridgehead atoms. The van der Waals surface area contributed by atoms with Crippen LogP contribution in [0.15, 0.2) is 18.2 Å². The first-order valence-corrected chi connectivity index (χ1v) is 10.5. The second-order valence-electron chi connectivity index (χ2n) is 8.15. The number of ether oxygens (including phenoxy) is 1. The molecule has 0 spiro atoms. The molecule has 6 heteroatoms. The molecule has 2 aliphatic heterocycles. The van der Waals surface area contributed by atoms with Gasteiger partial charge in [0.05, 0.1) is 12.0 Å². The molecule has 0 radical (unpaired) electrons. The van der Waals surface area contributed by atoms with Gasteiger partial charge in [0.2, 0.25) is 0 Å². The summed E-state index contributed by atoms with van der Waals surface area (Å²) in [5, 5.41) is 0. The van der Waals surface area contributed by atoms with Crippen molar-refractivity contribution in [3.8, 4) is 0 Å². The Morgan fingerprint density at radius 3 is 2.61 bits per heavy atom. The standard InChI is InChI=1S/C22H32F2N2O2/c1-3-25-12-8-19(9-13-25)26-11-5-10-22(16-26,21(27)28-4-2)15-17-6-7-18(23)14-20(17)24/h6-7,14,19H,3-5,8-13,15-16H2,1-2H3/t22-/m0/s1. The number of hydrogen-bond donors (Lipinski definition) is 0. The summed E-state index contributed by atoms with van der Waals surface area (Å²) in [6, 6.07) is 4.08. The van der Waals surface area contributed by atoms with Crippen molar-refractivity contribution in [1.82, 2.24) is 9.80 Å². The Kier molecular flexibility index (Phi) is 7.05. The van der Waals surface area contributed by atoms with Gasteiger partial charge in [-0.1, -0.05) is 13.0 Å². The summed E-state index contributed by atoms with van der Waals surface area (Å²) in [4.78, 5) is 17.8. The smallest absolute Gasteiger partial charge is 0.313 e. The van der Waals surface area contributed by atoms with Crippen molar-refractivity contribution < 1.29 is 18.3 Å². The van der Waals surface area contributed by atoms with E-state index in [0.717, 1.165) is 51.5 Å². The van der Waals surface area contributed by atoms with Gasteiger partial charge in [-0.25, -0.2) is 8.78 Å². The van der Waals surface area contributed by atoms with Gasteiger partial charge in [-0.2, -0.15) is 0 Å². The summed E-state index contributed by atoms with van der Waals surface area (Å²) in [6.45, 7) is 9.07. The van der Waals surface area contributed by atoms with Gasteiger partial charge >= 0.3 is 5.97 Å². The van der Waals surface area contributed by atoms with Gasteiger partial charge in [0.1, 0.15) is 11.6 Å². The lowest BCUT2D eigenvalue weighted by Gasteiger charge is -2.46. The maximum absolute atomic E-state index is 14.3. The molecule has 2 fully saturated rings. The van der Waals surface area contributed by atoms with E-state index in [1.165, 1.54) is 12.1 Å². The third kappa shape index (κ3) is 4.71. The summed E-state index contributed by atoms with van der Waals surface area (Å²) < 4.78 is 33.1. The monoisotopic (exact) mass is 394 g/mol. The van der Waals surface area contributed by atoms with Gasteiger partial charge < -0.3 is 9.64 Å². The van der Waals surface area contributed by atoms with Crippen LogP contribution in [-0.4, -0.2) is 61.1 Å². The van der Waals surface area contributed by atoms with E-state index in [2.05, 4.69) is 16.7 Å². The van der Waals surface area contributed by atoms with Crippen LogP contribution in [0.1, 0.15) is 45.1 Å². The minimum Gasteiger partial charge on any atom is -0.466 e. The van der Waals surface area contributed by atoms with Crippen LogP contribution in [0.5, 0.6) is 0 Å². The topological polar surface area (TPSA) is 32.8 Å². The third-order valence-electron chi connectivity index (χ3n) is 6.38. The molecule has 28 heavy (non-hydrogen) atoms. The molecule has 1 atom stereocenters. The number of hydrogen-bond acceptors (Lipinski definition) is 4. The largest absolute Gasteiger partial charge is 0.466 e. The zero-order chi connectivity index (χ0) is 20.1. The Labute approximate surface area is 166 Å². The Morgan fingerprint density at radius 1 is 1.21 bits per heavy atom. The van der Waals surface area contributed by atoms with Crippen molar-refractivity contribution in [2.24, 2.45) is 5.41 Å². The number of esters is 1. The molecule has 2 aliphatic rings. The fraction of sp³-hybridized carbons (Fsp3) is 0.682. The highest BCUT2D eigenvalue weighted by Crippen LogP contribution is 2.38. The summed E-state index contributed by atoms with van der Waals surface area (Å²) in [7, 11) is 0. The SMILES string of the molecule is CCOC(=O)[C@]1(Cc2ccc(F)cc2F)CCCN(C2CCN(CC)CC2)C1. The molecule has 156 valence electrons. The normalized spacial score (nSPS) is 25.0. The molecular weight excluding hydrogens is 362 g/mol. The van der Waals surface area contributed by atoms with E-state index in [1.807, 2.05) is 0 Å². The third-order valence-corrected chi connectivity index (χ3v) is 6.38. The number of piperidine rings is 2. The number of halogens is 2. The van der Waals surface area contributed by atoms with Crippen molar-refractivity contribution in [1.29, 1.82) is 0 Å². The van der Waals surface area contributed by atoms with E-state index in [0.29, 0.717) is 31.2 Å². The molecule has 2 heterocycles. The predicted molar refractivity (Wildman–Crippen MR) is 105 cm³/mol. The van der Waals surface area contributed by atoms with E-state index < -0.39 is 17.0 Å². The van der Waals surface area contributed by atoms with Gasteiger partial charge in [0.25, 0.3) is 0 Å². The summed E-state index contributed by atoms with van der Waals surface area (Å²) >= 11 is 0. The molecular formula is C22H32F2N2O2. The number of carbonyl (C=O) groups excluding carboxylic acids is 1. The zero-order valence-corrected chi connectivity index (χ0v) is 17.1. The number of carbonyl (C=O) groups is 1. The average Bonchev–Trinajstić information content (AvgIpc) is 2.70. The van der Waals surface area contributed by atoms with Crippen LogP contribution in [0.2, 0.25) is 0 Å². The van der Waals surface area contributed by atoms with Crippen molar-refractivity contribution in [2.45, 2.75) is 52.0 Å². The quantitative estimate of drug-likeness (QED) is 0.690. The first kappa shape index (κ1) is 21.2. The molecule has 2 saturated heterocycles. The molecule has 0 amide bonds. The van der Waals surface area contributed by atoms with E-state index in [1.54, 1.807) is 6.92 Å². The highest BCUT2D eigenvalue weighted by Gasteiger charge is 2.45. The molecule has 0 aliphatic carbocycles. The second kappa shape index (κ2) is 9.31. The fourth-order valence-corrected chi connectivity index (χ4v) is 4.78. The van der Waals surface area contributed by atoms with Crippen molar-refractivity contribution in [2.75, 3.05) is 39.3 Å². The number of rotatable bonds is 6. The molecule has 0 N–H and O–H groups in total. The van der Waals surface area contributed by atoms with Crippen LogP contribution >= 0.6 is 0 Å². The lowest BCUT2D eigenvalue weighted by atomic mass is 9.74. The summed E-state index contributed by atoms with van der Waals surface area (Å²) in [6.07, 6.45) is 4.00. The van der Waals surface area contributed by atoms with E-state index in [-0.39, 0.29) is 12.4 Å². The minimum atomic E-state index is -0.769. The van der Waals surface area contributed by atoms with Crippen LogP contribution in [0.3, 0.4) is 0 Å². The first-order valence-electron chi connectivity index (χ1n) is 10.5. The minimum absolute atomic E-state index is 0.252. The van der Waals surface area contributed by atoms with Crippen molar-refractivity contribution in [3.05, 3.63) is 35.4 Å². The highest BCUT2D eigenvalue weighted by molar-refractivity contribution is 5.78. The maximum Gasteiger partial charge on any atom is 0.313 e. The fourth-order valence-electron chi connectivity index (χ4n) is 4.78. The van der Waals surface area contributed by atoms with Crippen LogP contribution in [0.4, 0.5) is 8.78 Å². The zero-order valence-electron chi connectivity index (χ0n) is 17.1. The summed E-state index contributed by atoms with van der Waals surface area (Å²) in [5.74, 6) is -1.44. The van der Waals surface area contributed by atoms with E-state index in [9.17, 15) is 13.6 Å². The number of nitrogens with zero attached hydrogens (tertiary/aromatic N) is 2. The second-order valence-corrected chi connectivity index (χ2v) is 8.15. The lowest BCUT2D eigenvalue weighted by Crippen LogP contribution is -2.55. The molecule has 1 aromatic rings. The van der Waals surface area contributed by atoms with E-state index in [4.69, 9.17) is 4.74 Å². The first-order chi connectivity index (χ1) is 13.5. The molecule has 0 aromatic heterocycles. The van der Waals surface area contributed by atoms with Gasteiger partial charge in [0.15, 0.2) is 0 Å². The van der Waals surface area contributed by atoms with Crippen LogP contribution in [0.25, 0.3) is 0 Å². The Hall–Kier alpha value is -1.53. The van der Waals surface area contributed by atoms with Gasteiger partial charge in [-0.3, -0.25) is 9.69 Å². The van der Waals surface area contributed by atoms with Crippen LogP contribution < -0.4 is 0 Å². The van der Waals surface area contributed by atoms with Crippen LogP contribution in [0, 0.1) is 17.0 Å². The van der Waals surface area contributed by atoms with E-state index >= 15 is 0 Å². The lowest BCUT2D eigenvalue weighted by molar-refractivity contribution is -0.160. The molecule has 1 aromatic carbocycles. The Balaban J connectivity index is 1.79. The maximum atomic E-state index is 14.3. The summed E-state index contributed by atoms with van der Waals surface area (Å²) in [5.41, 5.74) is -0.383. The number of likely N-dealkylation sites (tertiary alicyclic amines) is 2. The van der Waals surface area contributed by atoms with Gasteiger partial charge in [0, 0.05) is 18.7 Å². The van der Waals surface area contributed by atoms with Gasteiger partial charge in [-0.05, 0) is 76.8 Å². The van der Waals surface area contributed by atoms with Crippen molar-refractivity contribution in [3.63, 3.8) is 0 Å². The number of benzene rings is 1. The molecule has 0 saturated carbocycles.